The molecule has 3 aromatic rings. The minimum Gasteiger partial charge on any atom is -0.406 e. The molecule has 0 fully saturated rings. The van der Waals surface area contributed by atoms with Crippen molar-refractivity contribution in [1.82, 2.24) is 14.9 Å². The number of hydrogen-bond acceptors (Lipinski definition) is 7. The molecule has 148 valence electrons. The van der Waals surface area contributed by atoms with Gasteiger partial charge in [-0.05, 0) is 42.6 Å². The van der Waals surface area contributed by atoms with Crippen molar-refractivity contribution in [2.75, 3.05) is 11.2 Å². The molecule has 1 aromatic carbocycles. The first kappa shape index (κ1) is 20.0. The van der Waals surface area contributed by atoms with Crippen molar-refractivity contribution in [3.8, 4) is 16.5 Å². The monoisotopic (exact) mass is 429 g/mol. The molecular formula is C16H14F3N5O2S2. The van der Waals surface area contributed by atoms with Gasteiger partial charge in [0.15, 0.2) is 5.82 Å². The maximum absolute atomic E-state index is 12.3. The quantitative estimate of drug-likeness (QED) is 0.458. The number of ether oxygens (including phenoxy) is 1. The molecule has 1 unspecified atom stereocenters. The van der Waals surface area contributed by atoms with Crippen LogP contribution in [0.5, 0.6) is 5.75 Å². The molecule has 3 rings (SSSR count). The van der Waals surface area contributed by atoms with Gasteiger partial charge in [0.2, 0.25) is 11.1 Å². The van der Waals surface area contributed by atoms with Crippen molar-refractivity contribution in [2.45, 2.75) is 23.7 Å². The molecule has 2 heterocycles. The molecule has 28 heavy (non-hydrogen) atoms. The molecule has 1 amide bonds. The third-order valence-corrected chi connectivity index (χ3v) is 5.34. The fourth-order valence-electron chi connectivity index (χ4n) is 2.13. The minimum atomic E-state index is -4.77. The number of nitrogen functional groups attached to an aromatic ring is 1. The summed E-state index contributed by atoms with van der Waals surface area (Å²) >= 11 is 2.57. The van der Waals surface area contributed by atoms with Gasteiger partial charge in [0, 0.05) is 5.69 Å². The number of rotatable bonds is 6. The summed E-state index contributed by atoms with van der Waals surface area (Å²) < 4.78 is 41.6. The lowest BCUT2D eigenvalue weighted by atomic mass is 10.3. The van der Waals surface area contributed by atoms with Gasteiger partial charge >= 0.3 is 6.36 Å². The lowest BCUT2D eigenvalue weighted by molar-refractivity contribution is -0.274. The highest BCUT2D eigenvalue weighted by atomic mass is 32.2. The summed E-state index contributed by atoms with van der Waals surface area (Å²) in [6.45, 7) is 1.65. The molecule has 0 aliphatic rings. The Morgan fingerprint density at radius 1 is 1.29 bits per heavy atom. The number of alkyl halides is 3. The predicted molar refractivity (Wildman–Crippen MR) is 101 cm³/mol. The van der Waals surface area contributed by atoms with Crippen LogP contribution in [-0.2, 0) is 4.79 Å². The first-order valence-electron chi connectivity index (χ1n) is 7.80. The van der Waals surface area contributed by atoms with Gasteiger partial charge in [0.1, 0.15) is 5.75 Å². The Kier molecular flexibility index (Phi) is 5.79. The maximum atomic E-state index is 12.3. The van der Waals surface area contributed by atoms with E-state index in [0.717, 1.165) is 28.8 Å². The molecular weight excluding hydrogens is 415 g/mol. The van der Waals surface area contributed by atoms with Crippen LogP contribution in [0, 0.1) is 0 Å². The number of aromatic nitrogens is 3. The van der Waals surface area contributed by atoms with Crippen LogP contribution in [-0.4, -0.2) is 32.4 Å². The number of carbonyl (C=O) groups excluding carboxylic acids is 1. The zero-order valence-corrected chi connectivity index (χ0v) is 15.9. The van der Waals surface area contributed by atoms with Gasteiger partial charge in [0.05, 0.1) is 10.1 Å². The SMILES string of the molecule is CC(Sc1nnc(-c2cccs2)n1N)C(=O)Nc1ccc(OC(F)(F)F)cc1. The highest BCUT2D eigenvalue weighted by molar-refractivity contribution is 8.00. The Hall–Kier alpha value is -2.73. The molecule has 1 atom stereocenters. The van der Waals surface area contributed by atoms with Crippen LogP contribution in [0.2, 0.25) is 0 Å². The number of nitrogens with zero attached hydrogens (tertiary/aromatic N) is 3. The van der Waals surface area contributed by atoms with Gasteiger partial charge in [-0.25, -0.2) is 4.68 Å². The molecule has 0 radical (unpaired) electrons. The van der Waals surface area contributed by atoms with Crippen LogP contribution >= 0.6 is 23.1 Å². The van der Waals surface area contributed by atoms with Gasteiger partial charge < -0.3 is 15.9 Å². The Labute approximate surface area is 165 Å². The highest BCUT2D eigenvalue weighted by Crippen LogP contribution is 2.28. The van der Waals surface area contributed by atoms with Crippen LogP contribution < -0.4 is 15.9 Å². The van der Waals surface area contributed by atoms with Crippen molar-refractivity contribution in [1.29, 1.82) is 0 Å². The van der Waals surface area contributed by atoms with E-state index in [0.29, 0.717) is 16.7 Å². The van der Waals surface area contributed by atoms with Gasteiger partial charge in [-0.1, -0.05) is 17.8 Å². The number of nitrogens with two attached hydrogens (primary N) is 1. The maximum Gasteiger partial charge on any atom is 0.573 e. The number of amides is 1. The van der Waals surface area contributed by atoms with Gasteiger partial charge in [-0.15, -0.1) is 34.7 Å². The molecule has 0 aliphatic heterocycles. The standard InChI is InChI=1S/C16H14F3N5O2S2/c1-9(28-15-23-22-13(24(15)20)12-3-2-8-27-12)14(25)21-10-4-6-11(7-5-10)26-16(17,18)19/h2-9H,20H2,1H3,(H,21,25). The Bertz CT molecular complexity index is 942. The summed E-state index contributed by atoms with van der Waals surface area (Å²) in [6.07, 6.45) is -4.77. The Morgan fingerprint density at radius 2 is 2.00 bits per heavy atom. The van der Waals surface area contributed by atoms with Crippen molar-refractivity contribution in [2.24, 2.45) is 0 Å². The van der Waals surface area contributed by atoms with E-state index in [4.69, 9.17) is 5.84 Å². The summed E-state index contributed by atoms with van der Waals surface area (Å²) in [7, 11) is 0. The first-order chi connectivity index (χ1) is 13.2. The number of halogens is 3. The summed E-state index contributed by atoms with van der Waals surface area (Å²) in [5.41, 5.74) is 0.334. The number of anilines is 1. The smallest absolute Gasteiger partial charge is 0.406 e. The zero-order valence-electron chi connectivity index (χ0n) is 14.3. The van der Waals surface area contributed by atoms with Crippen LogP contribution in [0.3, 0.4) is 0 Å². The Balaban J connectivity index is 1.61. The second-order valence-corrected chi connectivity index (χ2v) is 7.73. The van der Waals surface area contributed by atoms with E-state index in [9.17, 15) is 18.0 Å². The van der Waals surface area contributed by atoms with Crippen LogP contribution in [0.4, 0.5) is 18.9 Å². The molecule has 3 N–H and O–H groups in total. The van der Waals surface area contributed by atoms with Crippen molar-refractivity contribution >= 4 is 34.7 Å². The minimum absolute atomic E-state index is 0.334. The van der Waals surface area contributed by atoms with Gasteiger partial charge in [-0.3, -0.25) is 4.79 Å². The van der Waals surface area contributed by atoms with Crippen molar-refractivity contribution in [3.63, 3.8) is 0 Å². The molecule has 2 aromatic heterocycles. The molecule has 0 aliphatic carbocycles. The number of thioether (sulfide) groups is 1. The first-order valence-corrected chi connectivity index (χ1v) is 9.56. The van der Waals surface area contributed by atoms with Gasteiger partial charge in [-0.2, -0.15) is 0 Å². The predicted octanol–water partition coefficient (Wildman–Crippen LogP) is 3.74. The molecule has 0 saturated heterocycles. The molecule has 7 nitrogen and oxygen atoms in total. The summed E-state index contributed by atoms with van der Waals surface area (Å²) in [5, 5.41) is 12.3. The van der Waals surface area contributed by atoms with E-state index in [2.05, 4.69) is 20.3 Å². The van der Waals surface area contributed by atoms with E-state index in [-0.39, 0.29) is 11.7 Å². The fourth-order valence-corrected chi connectivity index (χ4v) is 3.60. The topological polar surface area (TPSA) is 95.1 Å². The van der Waals surface area contributed by atoms with Crippen LogP contribution in [0.25, 0.3) is 10.7 Å². The highest BCUT2D eigenvalue weighted by Gasteiger charge is 2.31. The van der Waals surface area contributed by atoms with Gasteiger partial charge in [0.25, 0.3) is 0 Å². The fraction of sp³-hybridized carbons (Fsp3) is 0.188. The normalized spacial score (nSPS) is 12.6. The van der Waals surface area contributed by atoms with E-state index < -0.39 is 11.6 Å². The number of nitrogens with one attached hydrogen (secondary N) is 1. The summed E-state index contributed by atoms with van der Waals surface area (Å²) in [6, 6.07) is 8.58. The second-order valence-electron chi connectivity index (χ2n) is 5.47. The average Bonchev–Trinajstić information content (AvgIpc) is 3.26. The van der Waals surface area contributed by atoms with Crippen LogP contribution in [0.1, 0.15) is 6.92 Å². The number of carbonyl (C=O) groups is 1. The largest absolute Gasteiger partial charge is 0.573 e. The van der Waals surface area contributed by atoms with E-state index in [1.165, 1.54) is 28.1 Å². The summed E-state index contributed by atoms with van der Waals surface area (Å²) in [4.78, 5) is 13.2. The summed E-state index contributed by atoms with van der Waals surface area (Å²) in [5.74, 6) is 5.76. The zero-order chi connectivity index (χ0) is 20.3. The number of hydrogen-bond donors (Lipinski definition) is 2. The Morgan fingerprint density at radius 3 is 2.61 bits per heavy atom. The van der Waals surface area contributed by atoms with E-state index in [1.807, 2.05) is 17.5 Å². The lowest BCUT2D eigenvalue weighted by Crippen LogP contribution is -2.23. The third kappa shape index (κ3) is 4.95. The number of benzene rings is 1. The van der Waals surface area contributed by atoms with Crippen molar-refractivity contribution < 1.29 is 22.7 Å². The van der Waals surface area contributed by atoms with Crippen molar-refractivity contribution in [3.05, 3.63) is 41.8 Å². The third-order valence-electron chi connectivity index (χ3n) is 3.41. The number of thiophene rings is 1. The molecule has 0 spiro atoms. The van der Waals surface area contributed by atoms with E-state index in [1.54, 1.807) is 6.92 Å². The second kappa shape index (κ2) is 8.10. The van der Waals surface area contributed by atoms with Crippen LogP contribution in [0.15, 0.2) is 46.9 Å². The lowest BCUT2D eigenvalue weighted by Gasteiger charge is -2.12. The average molecular weight is 429 g/mol. The van der Waals surface area contributed by atoms with E-state index >= 15 is 0 Å². The molecule has 0 saturated carbocycles. The molecule has 0 bridgehead atoms. The molecule has 12 heteroatoms.